The SMILES string of the molecule is O=C(CCCc1ccc(Cl)cc1)NC1CCC(O)CC1. The van der Waals surface area contributed by atoms with Crippen molar-refractivity contribution in [1.82, 2.24) is 5.32 Å². The summed E-state index contributed by atoms with van der Waals surface area (Å²) in [5.74, 6) is 0.125. The summed E-state index contributed by atoms with van der Waals surface area (Å²) in [7, 11) is 0. The van der Waals surface area contributed by atoms with Gasteiger partial charge in [-0.3, -0.25) is 4.79 Å². The first-order chi connectivity index (χ1) is 9.63. The van der Waals surface area contributed by atoms with Gasteiger partial charge in [0.2, 0.25) is 5.91 Å². The van der Waals surface area contributed by atoms with Gasteiger partial charge >= 0.3 is 0 Å². The van der Waals surface area contributed by atoms with Crippen LogP contribution in [0.4, 0.5) is 0 Å². The number of rotatable bonds is 5. The highest BCUT2D eigenvalue weighted by Gasteiger charge is 2.20. The molecule has 110 valence electrons. The van der Waals surface area contributed by atoms with Crippen LogP contribution in [0.3, 0.4) is 0 Å². The van der Waals surface area contributed by atoms with Gasteiger partial charge in [0.15, 0.2) is 0 Å². The minimum atomic E-state index is -0.173. The van der Waals surface area contributed by atoms with Gasteiger partial charge in [-0.25, -0.2) is 0 Å². The molecular weight excluding hydrogens is 274 g/mol. The van der Waals surface area contributed by atoms with Crippen LogP contribution in [-0.2, 0) is 11.2 Å². The standard InChI is InChI=1S/C16H22ClNO2/c17-13-6-4-12(5-7-13)2-1-3-16(20)18-14-8-10-15(19)11-9-14/h4-7,14-15,19H,1-3,8-11H2,(H,18,20). The van der Waals surface area contributed by atoms with Crippen LogP contribution in [0.15, 0.2) is 24.3 Å². The molecule has 1 fully saturated rings. The number of hydrogen-bond donors (Lipinski definition) is 2. The van der Waals surface area contributed by atoms with E-state index < -0.39 is 0 Å². The summed E-state index contributed by atoms with van der Waals surface area (Å²) in [6, 6.07) is 8.02. The highest BCUT2D eigenvalue weighted by Crippen LogP contribution is 2.18. The molecule has 0 saturated heterocycles. The molecule has 1 aromatic rings. The van der Waals surface area contributed by atoms with E-state index in [-0.39, 0.29) is 18.1 Å². The number of carbonyl (C=O) groups excluding carboxylic acids is 1. The Labute approximate surface area is 125 Å². The number of benzene rings is 1. The Bertz CT molecular complexity index is 425. The predicted molar refractivity (Wildman–Crippen MR) is 80.8 cm³/mol. The number of aryl methyl sites for hydroxylation is 1. The summed E-state index contributed by atoms with van der Waals surface area (Å²) in [6.07, 6.45) is 5.52. The van der Waals surface area contributed by atoms with Crippen molar-refractivity contribution in [3.05, 3.63) is 34.9 Å². The van der Waals surface area contributed by atoms with Crippen molar-refractivity contribution in [2.24, 2.45) is 0 Å². The van der Waals surface area contributed by atoms with Crippen molar-refractivity contribution in [2.45, 2.75) is 57.1 Å². The second kappa shape index (κ2) is 7.65. The van der Waals surface area contributed by atoms with Gasteiger partial charge in [-0.2, -0.15) is 0 Å². The molecule has 1 aliphatic carbocycles. The minimum absolute atomic E-state index is 0.125. The summed E-state index contributed by atoms with van der Waals surface area (Å²) < 4.78 is 0. The smallest absolute Gasteiger partial charge is 0.220 e. The van der Waals surface area contributed by atoms with Gasteiger partial charge in [0, 0.05) is 17.5 Å². The third-order valence-corrected chi connectivity index (χ3v) is 4.10. The van der Waals surface area contributed by atoms with Gasteiger partial charge in [0.05, 0.1) is 6.10 Å². The maximum absolute atomic E-state index is 11.8. The van der Waals surface area contributed by atoms with E-state index >= 15 is 0 Å². The highest BCUT2D eigenvalue weighted by atomic mass is 35.5. The van der Waals surface area contributed by atoms with Crippen molar-refractivity contribution in [2.75, 3.05) is 0 Å². The first kappa shape index (κ1) is 15.3. The Hall–Kier alpha value is -1.06. The lowest BCUT2D eigenvalue weighted by Crippen LogP contribution is -2.38. The zero-order valence-corrected chi connectivity index (χ0v) is 12.4. The normalized spacial score (nSPS) is 22.5. The quantitative estimate of drug-likeness (QED) is 0.877. The Kier molecular flexibility index (Phi) is 5.86. The van der Waals surface area contributed by atoms with E-state index in [1.165, 1.54) is 5.56 Å². The predicted octanol–water partition coefficient (Wildman–Crippen LogP) is 3.08. The van der Waals surface area contributed by atoms with Gasteiger partial charge < -0.3 is 10.4 Å². The number of aliphatic hydroxyl groups is 1. The lowest BCUT2D eigenvalue weighted by molar-refractivity contribution is -0.122. The molecule has 2 N–H and O–H groups in total. The molecule has 0 unspecified atom stereocenters. The molecule has 1 amide bonds. The van der Waals surface area contributed by atoms with Crippen LogP contribution < -0.4 is 5.32 Å². The van der Waals surface area contributed by atoms with Crippen LogP contribution in [0, 0.1) is 0 Å². The van der Waals surface area contributed by atoms with E-state index in [0.717, 1.165) is 43.5 Å². The van der Waals surface area contributed by atoms with Gasteiger partial charge in [-0.05, 0) is 56.2 Å². The van der Waals surface area contributed by atoms with E-state index in [9.17, 15) is 9.90 Å². The molecule has 0 aromatic heterocycles. The summed E-state index contributed by atoms with van der Waals surface area (Å²) in [5, 5.41) is 13.2. The van der Waals surface area contributed by atoms with Gasteiger partial charge in [0.25, 0.3) is 0 Å². The molecule has 1 saturated carbocycles. The molecular formula is C16H22ClNO2. The number of halogens is 1. The number of hydrogen-bond acceptors (Lipinski definition) is 2. The largest absolute Gasteiger partial charge is 0.393 e. The van der Waals surface area contributed by atoms with E-state index in [1.807, 2.05) is 24.3 Å². The fraction of sp³-hybridized carbons (Fsp3) is 0.562. The number of nitrogens with one attached hydrogen (secondary N) is 1. The second-order valence-electron chi connectivity index (χ2n) is 5.55. The maximum atomic E-state index is 11.8. The molecule has 0 radical (unpaired) electrons. The molecule has 1 aromatic carbocycles. The van der Waals surface area contributed by atoms with Crippen molar-refractivity contribution in [1.29, 1.82) is 0 Å². The summed E-state index contributed by atoms with van der Waals surface area (Å²) in [4.78, 5) is 11.8. The second-order valence-corrected chi connectivity index (χ2v) is 5.99. The van der Waals surface area contributed by atoms with E-state index in [0.29, 0.717) is 6.42 Å². The lowest BCUT2D eigenvalue weighted by Gasteiger charge is -2.26. The molecule has 0 bridgehead atoms. The summed E-state index contributed by atoms with van der Waals surface area (Å²) >= 11 is 5.83. The van der Waals surface area contributed by atoms with Crippen LogP contribution in [0.2, 0.25) is 5.02 Å². The first-order valence-corrected chi connectivity index (χ1v) is 7.73. The topological polar surface area (TPSA) is 49.3 Å². The van der Waals surface area contributed by atoms with Gasteiger partial charge in [0.1, 0.15) is 0 Å². The average Bonchev–Trinajstić information content (AvgIpc) is 2.44. The zero-order valence-electron chi connectivity index (χ0n) is 11.6. The van der Waals surface area contributed by atoms with E-state index in [1.54, 1.807) is 0 Å². The highest BCUT2D eigenvalue weighted by molar-refractivity contribution is 6.30. The van der Waals surface area contributed by atoms with Gasteiger partial charge in [-0.15, -0.1) is 0 Å². The molecule has 0 heterocycles. The third-order valence-electron chi connectivity index (χ3n) is 3.84. The molecule has 20 heavy (non-hydrogen) atoms. The van der Waals surface area contributed by atoms with E-state index in [2.05, 4.69) is 5.32 Å². The molecule has 1 aliphatic rings. The molecule has 0 spiro atoms. The molecule has 2 rings (SSSR count). The minimum Gasteiger partial charge on any atom is -0.393 e. The van der Waals surface area contributed by atoms with Crippen LogP contribution in [0.1, 0.15) is 44.1 Å². The average molecular weight is 296 g/mol. The number of aliphatic hydroxyl groups excluding tert-OH is 1. The Morgan fingerprint density at radius 2 is 1.85 bits per heavy atom. The Morgan fingerprint density at radius 3 is 2.50 bits per heavy atom. The lowest BCUT2D eigenvalue weighted by atomic mass is 9.93. The van der Waals surface area contributed by atoms with Crippen molar-refractivity contribution >= 4 is 17.5 Å². The number of amides is 1. The monoisotopic (exact) mass is 295 g/mol. The van der Waals surface area contributed by atoms with Gasteiger partial charge in [-0.1, -0.05) is 23.7 Å². The Balaban J connectivity index is 1.64. The van der Waals surface area contributed by atoms with Crippen LogP contribution in [-0.4, -0.2) is 23.2 Å². The zero-order chi connectivity index (χ0) is 14.4. The molecule has 4 heteroatoms. The van der Waals surface area contributed by atoms with Crippen LogP contribution >= 0.6 is 11.6 Å². The number of carbonyl (C=O) groups is 1. The summed E-state index contributed by atoms with van der Waals surface area (Å²) in [5.41, 5.74) is 1.21. The molecule has 0 atom stereocenters. The van der Waals surface area contributed by atoms with Crippen molar-refractivity contribution in [3.63, 3.8) is 0 Å². The van der Waals surface area contributed by atoms with Crippen LogP contribution in [0.25, 0.3) is 0 Å². The molecule has 0 aliphatic heterocycles. The fourth-order valence-corrected chi connectivity index (χ4v) is 2.75. The van der Waals surface area contributed by atoms with Crippen LogP contribution in [0.5, 0.6) is 0 Å². The fourth-order valence-electron chi connectivity index (χ4n) is 2.62. The van der Waals surface area contributed by atoms with E-state index in [4.69, 9.17) is 11.6 Å². The first-order valence-electron chi connectivity index (χ1n) is 7.35. The maximum Gasteiger partial charge on any atom is 0.220 e. The molecule has 3 nitrogen and oxygen atoms in total. The third kappa shape index (κ3) is 5.14. The van der Waals surface area contributed by atoms with Crippen molar-refractivity contribution < 1.29 is 9.90 Å². The summed E-state index contributed by atoms with van der Waals surface area (Å²) in [6.45, 7) is 0. The Morgan fingerprint density at radius 1 is 1.20 bits per heavy atom. The van der Waals surface area contributed by atoms with Crippen molar-refractivity contribution in [3.8, 4) is 0 Å².